The average Bonchev–Trinajstić information content (AvgIpc) is 3.22. The van der Waals surface area contributed by atoms with E-state index in [1.54, 1.807) is 11.3 Å². The van der Waals surface area contributed by atoms with E-state index < -0.39 is 0 Å². The quantitative estimate of drug-likeness (QED) is 0.549. The van der Waals surface area contributed by atoms with Crippen LogP contribution in [0.5, 0.6) is 5.75 Å². The van der Waals surface area contributed by atoms with Crippen molar-refractivity contribution < 1.29 is 9.53 Å². The number of nitrogens with zero attached hydrogens (tertiary/aromatic N) is 2. The Kier molecular flexibility index (Phi) is 4.64. The van der Waals surface area contributed by atoms with E-state index in [4.69, 9.17) is 4.74 Å². The van der Waals surface area contributed by atoms with Crippen molar-refractivity contribution in [2.75, 3.05) is 11.9 Å². The van der Waals surface area contributed by atoms with Crippen molar-refractivity contribution in [2.24, 2.45) is 0 Å². The summed E-state index contributed by atoms with van der Waals surface area (Å²) < 4.78 is 7.60. The maximum Gasteiger partial charge on any atom is 0.262 e. The predicted octanol–water partition coefficient (Wildman–Crippen LogP) is 4.70. The fourth-order valence-corrected chi connectivity index (χ4v) is 3.65. The van der Waals surface area contributed by atoms with Gasteiger partial charge < -0.3 is 10.1 Å². The number of aromatic nitrogens is 2. The molecule has 0 saturated heterocycles. The molecule has 2 heterocycles. The van der Waals surface area contributed by atoms with E-state index in [2.05, 4.69) is 16.4 Å². The first-order valence-electron chi connectivity index (χ1n) is 8.60. The number of carbonyl (C=O) groups excluding carboxylic acids is 1. The Morgan fingerprint density at radius 3 is 2.59 bits per heavy atom. The second kappa shape index (κ2) is 7.25. The molecule has 0 radical (unpaired) electrons. The molecule has 0 spiro atoms. The molecule has 2 aromatic carbocycles. The van der Waals surface area contributed by atoms with Crippen molar-refractivity contribution in [3.63, 3.8) is 0 Å². The van der Waals surface area contributed by atoms with E-state index in [0.717, 1.165) is 33.0 Å². The summed E-state index contributed by atoms with van der Waals surface area (Å²) in [6.45, 7) is 3.98. The molecular weight excluding hydrogens is 358 g/mol. The number of rotatable bonds is 5. The molecule has 0 bridgehead atoms. The lowest BCUT2D eigenvalue weighted by Crippen LogP contribution is -2.20. The van der Waals surface area contributed by atoms with E-state index in [-0.39, 0.29) is 12.5 Å². The molecule has 0 saturated carbocycles. The van der Waals surface area contributed by atoms with Crippen LogP contribution in [0.15, 0.2) is 60.2 Å². The number of hydrogen-bond donors (Lipinski definition) is 1. The summed E-state index contributed by atoms with van der Waals surface area (Å²) in [4.78, 5) is 17.7. The standard InChI is InChI=1S/C21H19N3O2S/c1-14-9-15(2)11-18(10-14)26-13-20(25)22-17-5-3-16(4-6-17)19-12-24-7-8-27-21(24)23-19/h3-12H,13H2,1-2H3,(H,22,25). The SMILES string of the molecule is Cc1cc(C)cc(OCC(=O)Nc2ccc(-c3cn4ccsc4n3)cc2)c1. The summed E-state index contributed by atoms with van der Waals surface area (Å²) >= 11 is 1.60. The van der Waals surface area contributed by atoms with Crippen LogP contribution >= 0.6 is 11.3 Å². The molecule has 2 aromatic heterocycles. The summed E-state index contributed by atoms with van der Waals surface area (Å²) in [5, 5.41) is 4.86. The van der Waals surface area contributed by atoms with Gasteiger partial charge in [-0.3, -0.25) is 9.20 Å². The number of anilines is 1. The van der Waals surface area contributed by atoms with Crippen molar-refractivity contribution in [1.29, 1.82) is 0 Å². The molecule has 0 aliphatic heterocycles. The largest absolute Gasteiger partial charge is 0.484 e. The predicted molar refractivity (Wildman–Crippen MR) is 109 cm³/mol. The van der Waals surface area contributed by atoms with Crippen LogP contribution in [0.3, 0.4) is 0 Å². The van der Waals surface area contributed by atoms with Crippen molar-refractivity contribution in [3.8, 4) is 17.0 Å². The number of imidazole rings is 1. The van der Waals surface area contributed by atoms with Gasteiger partial charge in [0.2, 0.25) is 0 Å². The Labute approximate surface area is 161 Å². The number of hydrogen-bond acceptors (Lipinski definition) is 4. The molecular formula is C21H19N3O2S. The van der Waals surface area contributed by atoms with E-state index in [1.165, 1.54) is 0 Å². The minimum absolute atomic E-state index is 0.0258. The van der Waals surface area contributed by atoms with E-state index in [1.807, 2.05) is 72.4 Å². The first kappa shape index (κ1) is 17.3. The van der Waals surface area contributed by atoms with Crippen molar-refractivity contribution in [3.05, 3.63) is 71.4 Å². The van der Waals surface area contributed by atoms with Crippen molar-refractivity contribution in [2.45, 2.75) is 13.8 Å². The lowest BCUT2D eigenvalue weighted by Gasteiger charge is -2.09. The van der Waals surface area contributed by atoms with Gasteiger partial charge in [-0.15, -0.1) is 11.3 Å². The molecule has 1 amide bonds. The maximum absolute atomic E-state index is 12.1. The zero-order chi connectivity index (χ0) is 18.8. The van der Waals surface area contributed by atoms with E-state index in [0.29, 0.717) is 5.75 Å². The average molecular weight is 377 g/mol. The van der Waals surface area contributed by atoms with E-state index in [9.17, 15) is 4.79 Å². The molecule has 0 fully saturated rings. The van der Waals surface area contributed by atoms with Gasteiger partial charge in [-0.05, 0) is 49.2 Å². The second-order valence-electron chi connectivity index (χ2n) is 6.46. The first-order chi connectivity index (χ1) is 13.1. The summed E-state index contributed by atoms with van der Waals surface area (Å²) in [5.74, 6) is 0.516. The number of carbonyl (C=O) groups is 1. The third kappa shape index (κ3) is 4.01. The van der Waals surface area contributed by atoms with Crippen molar-refractivity contribution >= 4 is 27.9 Å². The number of aryl methyl sites for hydroxylation is 2. The summed E-state index contributed by atoms with van der Waals surface area (Å²) in [7, 11) is 0. The van der Waals surface area contributed by atoms with Gasteiger partial charge in [-0.25, -0.2) is 4.98 Å². The van der Waals surface area contributed by atoms with E-state index >= 15 is 0 Å². The number of benzene rings is 2. The lowest BCUT2D eigenvalue weighted by molar-refractivity contribution is -0.118. The van der Waals surface area contributed by atoms with Crippen LogP contribution < -0.4 is 10.1 Å². The van der Waals surface area contributed by atoms with Crippen LogP contribution in [0.25, 0.3) is 16.2 Å². The minimum atomic E-state index is -0.190. The smallest absolute Gasteiger partial charge is 0.262 e. The molecule has 136 valence electrons. The summed E-state index contributed by atoms with van der Waals surface area (Å²) in [6.07, 6.45) is 3.98. The minimum Gasteiger partial charge on any atom is -0.484 e. The van der Waals surface area contributed by atoms with Gasteiger partial charge in [0.1, 0.15) is 5.75 Å². The zero-order valence-electron chi connectivity index (χ0n) is 15.1. The second-order valence-corrected chi connectivity index (χ2v) is 7.33. The van der Waals surface area contributed by atoms with Crippen LogP contribution in [-0.4, -0.2) is 21.9 Å². The lowest BCUT2D eigenvalue weighted by atomic mass is 10.1. The first-order valence-corrected chi connectivity index (χ1v) is 9.48. The van der Waals surface area contributed by atoms with Gasteiger partial charge in [0.05, 0.1) is 5.69 Å². The topological polar surface area (TPSA) is 55.6 Å². The Hall–Kier alpha value is -3.12. The van der Waals surface area contributed by atoms with Crippen LogP contribution in [0, 0.1) is 13.8 Å². The molecule has 0 atom stereocenters. The van der Waals surface area contributed by atoms with Crippen LogP contribution in [0.2, 0.25) is 0 Å². The fourth-order valence-electron chi connectivity index (χ4n) is 2.95. The molecule has 1 N–H and O–H groups in total. The van der Waals surface area contributed by atoms with Gasteiger partial charge in [0, 0.05) is 29.0 Å². The number of nitrogens with one attached hydrogen (secondary N) is 1. The molecule has 4 rings (SSSR count). The van der Waals surface area contributed by atoms with Crippen molar-refractivity contribution in [1.82, 2.24) is 9.38 Å². The number of fused-ring (bicyclic) bond motifs is 1. The van der Waals surface area contributed by atoms with Crippen LogP contribution in [-0.2, 0) is 4.79 Å². The Morgan fingerprint density at radius 2 is 1.89 bits per heavy atom. The van der Waals surface area contributed by atoms with Gasteiger partial charge in [-0.1, -0.05) is 18.2 Å². The van der Waals surface area contributed by atoms with Gasteiger partial charge in [-0.2, -0.15) is 0 Å². The van der Waals surface area contributed by atoms with Crippen LogP contribution in [0.1, 0.15) is 11.1 Å². The molecule has 6 heteroatoms. The Morgan fingerprint density at radius 1 is 1.15 bits per heavy atom. The van der Waals surface area contributed by atoms with Gasteiger partial charge in [0.25, 0.3) is 5.91 Å². The number of thiazole rings is 1. The molecule has 0 aliphatic rings. The highest BCUT2D eigenvalue weighted by atomic mass is 32.1. The highest BCUT2D eigenvalue weighted by molar-refractivity contribution is 7.15. The third-order valence-corrected chi connectivity index (χ3v) is 4.89. The molecule has 4 aromatic rings. The van der Waals surface area contributed by atoms with Crippen LogP contribution in [0.4, 0.5) is 5.69 Å². The molecule has 0 unspecified atom stereocenters. The monoisotopic (exact) mass is 377 g/mol. The fraction of sp³-hybridized carbons (Fsp3) is 0.143. The number of amides is 1. The molecule has 5 nitrogen and oxygen atoms in total. The summed E-state index contributed by atoms with van der Waals surface area (Å²) in [5.41, 5.74) is 4.88. The maximum atomic E-state index is 12.1. The molecule has 0 aliphatic carbocycles. The number of ether oxygens (including phenoxy) is 1. The summed E-state index contributed by atoms with van der Waals surface area (Å²) in [6, 6.07) is 13.6. The van der Waals surface area contributed by atoms with Gasteiger partial charge >= 0.3 is 0 Å². The normalized spacial score (nSPS) is 10.9. The Bertz CT molecular complexity index is 1050. The highest BCUT2D eigenvalue weighted by Gasteiger charge is 2.07. The Balaban J connectivity index is 1.37. The third-order valence-electron chi connectivity index (χ3n) is 4.12. The molecule has 27 heavy (non-hydrogen) atoms. The van der Waals surface area contributed by atoms with Gasteiger partial charge in [0.15, 0.2) is 11.6 Å². The highest BCUT2D eigenvalue weighted by Crippen LogP contribution is 2.23. The zero-order valence-corrected chi connectivity index (χ0v) is 15.9.